The van der Waals surface area contributed by atoms with Crippen molar-refractivity contribution in [3.8, 4) is 17.2 Å². The van der Waals surface area contributed by atoms with Gasteiger partial charge in [-0.15, -0.1) is 0 Å². The van der Waals surface area contributed by atoms with Crippen molar-refractivity contribution in [3.63, 3.8) is 0 Å². The van der Waals surface area contributed by atoms with Crippen LogP contribution >= 0.6 is 0 Å². The van der Waals surface area contributed by atoms with E-state index in [4.69, 9.17) is 14.2 Å². The summed E-state index contributed by atoms with van der Waals surface area (Å²) in [5.74, 6) is 1.47. The normalized spacial score (nSPS) is 9.79. The molecular weight excluding hydrogens is 244 g/mol. The van der Waals surface area contributed by atoms with E-state index in [1.165, 1.54) is 0 Å². The Labute approximate surface area is 111 Å². The predicted molar refractivity (Wildman–Crippen MR) is 70.9 cm³/mol. The average Bonchev–Trinajstić information content (AvgIpc) is 2.48. The largest absolute Gasteiger partial charge is 0.497 e. The maximum Gasteiger partial charge on any atom is 0.343 e. The first-order chi connectivity index (χ1) is 9.22. The summed E-state index contributed by atoms with van der Waals surface area (Å²) in [7, 11) is 3.16. The van der Waals surface area contributed by atoms with Gasteiger partial charge in [-0.1, -0.05) is 0 Å². The Hall–Kier alpha value is -2.49. The lowest BCUT2D eigenvalue weighted by molar-refractivity contribution is 0.0734. The highest BCUT2D eigenvalue weighted by Crippen LogP contribution is 2.19. The van der Waals surface area contributed by atoms with E-state index in [0.717, 1.165) is 0 Å². The van der Waals surface area contributed by atoms with Gasteiger partial charge in [-0.25, -0.2) is 4.79 Å². The molecule has 0 aliphatic rings. The number of hydrogen-bond donors (Lipinski definition) is 0. The molecule has 0 fully saturated rings. The molecule has 0 saturated carbocycles. The Kier molecular flexibility index (Phi) is 4.03. The second-order valence-electron chi connectivity index (χ2n) is 3.79. The molecule has 4 heteroatoms. The summed E-state index contributed by atoms with van der Waals surface area (Å²) in [4.78, 5) is 11.9. The van der Waals surface area contributed by atoms with Crippen LogP contribution in [0.25, 0.3) is 0 Å². The molecule has 19 heavy (non-hydrogen) atoms. The van der Waals surface area contributed by atoms with Crippen LogP contribution in [0.4, 0.5) is 0 Å². The number of benzene rings is 2. The molecule has 2 aromatic carbocycles. The number of hydrogen-bond acceptors (Lipinski definition) is 4. The smallest absolute Gasteiger partial charge is 0.343 e. The summed E-state index contributed by atoms with van der Waals surface area (Å²) in [6, 6.07) is 13.6. The summed E-state index contributed by atoms with van der Waals surface area (Å²) in [5.41, 5.74) is 0.469. The van der Waals surface area contributed by atoms with Crippen LogP contribution in [0.1, 0.15) is 10.4 Å². The van der Waals surface area contributed by atoms with Crippen LogP contribution in [0.15, 0.2) is 48.5 Å². The molecule has 0 radical (unpaired) electrons. The van der Waals surface area contributed by atoms with Gasteiger partial charge in [0, 0.05) is 0 Å². The van der Waals surface area contributed by atoms with Crippen LogP contribution in [0.5, 0.6) is 17.2 Å². The van der Waals surface area contributed by atoms with Gasteiger partial charge in [-0.3, -0.25) is 0 Å². The minimum Gasteiger partial charge on any atom is -0.497 e. The van der Waals surface area contributed by atoms with Gasteiger partial charge in [-0.05, 0) is 48.5 Å². The first-order valence-corrected chi connectivity index (χ1v) is 5.73. The molecule has 0 aromatic heterocycles. The Morgan fingerprint density at radius 2 is 1.16 bits per heavy atom. The lowest BCUT2D eigenvalue weighted by atomic mass is 10.2. The second-order valence-corrected chi connectivity index (χ2v) is 3.79. The van der Waals surface area contributed by atoms with E-state index < -0.39 is 5.97 Å². The van der Waals surface area contributed by atoms with Crippen molar-refractivity contribution in [2.24, 2.45) is 0 Å². The van der Waals surface area contributed by atoms with Crippen LogP contribution in [0.3, 0.4) is 0 Å². The molecule has 2 rings (SSSR count). The molecule has 4 nitrogen and oxygen atoms in total. The van der Waals surface area contributed by atoms with E-state index >= 15 is 0 Å². The van der Waals surface area contributed by atoms with Crippen LogP contribution in [-0.2, 0) is 0 Å². The van der Waals surface area contributed by atoms with Gasteiger partial charge in [0.1, 0.15) is 17.2 Å². The van der Waals surface area contributed by atoms with Gasteiger partial charge in [0.05, 0.1) is 19.8 Å². The molecule has 0 spiro atoms. The van der Waals surface area contributed by atoms with Crippen molar-refractivity contribution in [1.82, 2.24) is 0 Å². The first-order valence-electron chi connectivity index (χ1n) is 5.73. The van der Waals surface area contributed by atoms with Gasteiger partial charge in [0.2, 0.25) is 0 Å². The van der Waals surface area contributed by atoms with E-state index in [2.05, 4.69) is 0 Å². The summed E-state index contributed by atoms with van der Waals surface area (Å²) < 4.78 is 15.3. The zero-order valence-electron chi connectivity index (χ0n) is 10.8. The molecule has 2 aromatic rings. The monoisotopic (exact) mass is 258 g/mol. The summed E-state index contributed by atoms with van der Waals surface area (Å²) in [5, 5.41) is 0. The van der Waals surface area contributed by atoms with E-state index in [9.17, 15) is 4.79 Å². The van der Waals surface area contributed by atoms with E-state index in [0.29, 0.717) is 22.8 Å². The van der Waals surface area contributed by atoms with Crippen molar-refractivity contribution < 1.29 is 19.0 Å². The highest BCUT2D eigenvalue weighted by Gasteiger charge is 2.08. The maximum absolute atomic E-state index is 11.9. The van der Waals surface area contributed by atoms with E-state index in [-0.39, 0.29) is 0 Å². The third-order valence-electron chi connectivity index (χ3n) is 2.60. The minimum atomic E-state index is -0.409. The number of rotatable bonds is 4. The Morgan fingerprint density at radius 1 is 0.737 bits per heavy atom. The van der Waals surface area contributed by atoms with Crippen molar-refractivity contribution >= 4 is 5.97 Å². The van der Waals surface area contributed by atoms with E-state index in [1.807, 2.05) is 0 Å². The van der Waals surface area contributed by atoms with Crippen molar-refractivity contribution in [3.05, 3.63) is 54.1 Å². The van der Waals surface area contributed by atoms with Crippen LogP contribution in [0, 0.1) is 0 Å². The summed E-state index contributed by atoms with van der Waals surface area (Å²) >= 11 is 0. The van der Waals surface area contributed by atoms with Gasteiger partial charge in [0.25, 0.3) is 0 Å². The van der Waals surface area contributed by atoms with Gasteiger partial charge in [-0.2, -0.15) is 0 Å². The molecule has 0 aliphatic heterocycles. The lowest BCUT2D eigenvalue weighted by Crippen LogP contribution is -2.08. The van der Waals surface area contributed by atoms with E-state index in [1.54, 1.807) is 62.8 Å². The van der Waals surface area contributed by atoms with Crippen molar-refractivity contribution in [2.75, 3.05) is 14.2 Å². The Morgan fingerprint density at radius 3 is 1.63 bits per heavy atom. The molecular formula is C15H14O4. The molecule has 0 saturated heterocycles. The minimum absolute atomic E-state index is 0.409. The molecule has 0 N–H and O–H groups in total. The topological polar surface area (TPSA) is 44.8 Å². The predicted octanol–water partition coefficient (Wildman–Crippen LogP) is 2.92. The molecule has 0 aliphatic carbocycles. The van der Waals surface area contributed by atoms with Crippen molar-refractivity contribution in [2.45, 2.75) is 0 Å². The molecule has 0 heterocycles. The van der Waals surface area contributed by atoms with Gasteiger partial charge < -0.3 is 14.2 Å². The molecule has 98 valence electrons. The number of esters is 1. The average molecular weight is 258 g/mol. The molecule has 0 amide bonds. The maximum atomic E-state index is 11.9. The molecule has 0 bridgehead atoms. The van der Waals surface area contributed by atoms with Gasteiger partial charge in [0.15, 0.2) is 0 Å². The lowest BCUT2D eigenvalue weighted by Gasteiger charge is -2.06. The summed E-state index contributed by atoms with van der Waals surface area (Å²) in [6.07, 6.45) is 0. The number of carbonyl (C=O) groups is 1. The molecule has 0 unspecified atom stereocenters. The van der Waals surface area contributed by atoms with Crippen molar-refractivity contribution in [1.29, 1.82) is 0 Å². The quantitative estimate of drug-likeness (QED) is 0.624. The zero-order chi connectivity index (χ0) is 13.7. The fourth-order valence-corrected chi connectivity index (χ4v) is 1.54. The number of ether oxygens (including phenoxy) is 3. The fraction of sp³-hybridized carbons (Fsp3) is 0.133. The third-order valence-corrected chi connectivity index (χ3v) is 2.60. The second kappa shape index (κ2) is 5.91. The van der Waals surface area contributed by atoms with Crippen LogP contribution < -0.4 is 14.2 Å². The number of methoxy groups -OCH3 is 2. The molecule has 0 atom stereocenters. The highest BCUT2D eigenvalue weighted by molar-refractivity contribution is 5.91. The van der Waals surface area contributed by atoms with Crippen LogP contribution in [-0.4, -0.2) is 20.2 Å². The highest BCUT2D eigenvalue weighted by atomic mass is 16.5. The first kappa shape index (κ1) is 13.0. The van der Waals surface area contributed by atoms with Gasteiger partial charge >= 0.3 is 5.97 Å². The standard InChI is InChI=1S/C15H14O4/c1-17-12-5-3-11(4-6-12)15(16)19-14-9-7-13(18-2)8-10-14/h3-10H,1-2H3. The number of carbonyl (C=O) groups excluding carboxylic acids is 1. The third kappa shape index (κ3) is 3.25. The van der Waals surface area contributed by atoms with Crippen LogP contribution in [0.2, 0.25) is 0 Å². The zero-order valence-corrected chi connectivity index (χ0v) is 10.8. The summed E-state index contributed by atoms with van der Waals surface area (Å²) in [6.45, 7) is 0. The Balaban J connectivity index is 2.06. The fourth-order valence-electron chi connectivity index (χ4n) is 1.54. The Bertz CT molecular complexity index is 543. The SMILES string of the molecule is COc1ccc(OC(=O)c2ccc(OC)cc2)cc1.